The summed E-state index contributed by atoms with van der Waals surface area (Å²) >= 11 is 0. The standard InChI is InChI=1S/C32H30FN5O/c1-21(2)23-15-17-24(18-16-23)30-29-14-9-19-36(29)31-26(22(3)35-38(31)25-10-5-4-6-11-25)20-37(30)32(39)34-28-13-8-7-12-27(28)33/h4-19,21,30H,20H2,1-3H3,(H,34,39)/t30-/m1/s1. The van der Waals surface area contributed by atoms with E-state index in [0.29, 0.717) is 12.5 Å². The van der Waals surface area contributed by atoms with Gasteiger partial charge in [-0.3, -0.25) is 0 Å². The minimum Gasteiger partial charge on any atom is -0.307 e. The molecular formula is C32H30FN5O. The summed E-state index contributed by atoms with van der Waals surface area (Å²) < 4.78 is 18.6. The highest BCUT2D eigenvalue weighted by Gasteiger charge is 2.36. The van der Waals surface area contributed by atoms with Gasteiger partial charge in [0.05, 0.1) is 35.3 Å². The fraction of sp³-hybridized carbons (Fsp3) is 0.188. The minimum atomic E-state index is -0.476. The Hall–Kier alpha value is -4.65. The van der Waals surface area contributed by atoms with Crippen LogP contribution in [0.25, 0.3) is 11.5 Å². The zero-order valence-electron chi connectivity index (χ0n) is 22.2. The average Bonchev–Trinajstić information content (AvgIpc) is 3.51. The van der Waals surface area contributed by atoms with Crippen molar-refractivity contribution in [2.45, 2.75) is 39.3 Å². The van der Waals surface area contributed by atoms with Gasteiger partial charge in [0.2, 0.25) is 0 Å². The maximum Gasteiger partial charge on any atom is 0.323 e. The summed E-state index contributed by atoms with van der Waals surface area (Å²) in [5.74, 6) is 0.806. The van der Waals surface area contributed by atoms with Crippen molar-refractivity contribution in [3.8, 4) is 11.5 Å². The molecule has 2 amide bonds. The predicted molar refractivity (Wildman–Crippen MR) is 151 cm³/mol. The molecule has 6 rings (SSSR count). The quantitative estimate of drug-likeness (QED) is 0.270. The number of hydrogen-bond donors (Lipinski definition) is 1. The number of hydrogen-bond acceptors (Lipinski definition) is 2. The molecule has 5 aromatic rings. The number of fused-ring (bicyclic) bond motifs is 3. The second kappa shape index (κ2) is 9.91. The largest absolute Gasteiger partial charge is 0.323 e. The van der Waals surface area contributed by atoms with Crippen LogP contribution in [0, 0.1) is 12.7 Å². The molecule has 6 nitrogen and oxygen atoms in total. The van der Waals surface area contributed by atoms with Gasteiger partial charge in [-0.15, -0.1) is 0 Å². The number of nitrogens with one attached hydrogen (secondary N) is 1. The van der Waals surface area contributed by atoms with Crippen LogP contribution in [0.4, 0.5) is 14.9 Å². The molecule has 0 fully saturated rings. The molecule has 196 valence electrons. The zero-order valence-corrected chi connectivity index (χ0v) is 22.2. The van der Waals surface area contributed by atoms with Gasteiger partial charge in [0.1, 0.15) is 11.6 Å². The van der Waals surface area contributed by atoms with E-state index < -0.39 is 11.9 Å². The lowest BCUT2D eigenvalue weighted by molar-refractivity contribution is 0.194. The van der Waals surface area contributed by atoms with E-state index in [2.05, 4.69) is 48.0 Å². The maximum atomic E-state index is 14.6. The molecule has 0 spiro atoms. The zero-order chi connectivity index (χ0) is 27.1. The highest BCUT2D eigenvalue weighted by molar-refractivity contribution is 5.90. The lowest BCUT2D eigenvalue weighted by Gasteiger charge is -2.31. The van der Waals surface area contributed by atoms with Crippen LogP contribution >= 0.6 is 0 Å². The highest BCUT2D eigenvalue weighted by Crippen LogP contribution is 2.39. The number of para-hydroxylation sites is 2. The molecule has 0 saturated heterocycles. The summed E-state index contributed by atoms with van der Waals surface area (Å²) in [6, 6.07) is 27.9. The molecule has 1 N–H and O–H groups in total. The van der Waals surface area contributed by atoms with Crippen LogP contribution in [0.3, 0.4) is 0 Å². The van der Waals surface area contributed by atoms with Crippen molar-refractivity contribution in [2.75, 3.05) is 5.32 Å². The molecule has 0 saturated carbocycles. The SMILES string of the molecule is Cc1nn(-c2ccccc2)c2c1CN(C(=O)Nc1ccccc1F)[C@H](c1ccc(C(C)C)cc1)c1cccn1-2. The predicted octanol–water partition coefficient (Wildman–Crippen LogP) is 7.37. The maximum absolute atomic E-state index is 14.6. The number of aryl methyl sites for hydroxylation is 1. The van der Waals surface area contributed by atoms with E-state index in [4.69, 9.17) is 5.10 Å². The van der Waals surface area contributed by atoms with Crippen LogP contribution in [0.15, 0.2) is 97.2 Å². The number of nitrogens with zero attached hydrogens (tertiary/aromatic N) is 4. The van der Waals surface area contributed by atoms with Gasteiger partial charge in [0.25, 0.3) is 0 Å². The van der Waals surface area contributed by atoms with E-state index >= 15 is 0 Å². The van der Waals surface area contributed by atoms with Crippen LogP contribution < -0.4 is 5.32 Å². The number of amides is 2. The monoisotopic (exact) mass is 519 g/mol. The first kappa shape index (κ1) is 24.7. The molecule has 3 aromatic carbocycles. The Morgan fingerprint density at radius 3 is 2.38 bits per heavy atom. The van der Waals surface area contributed by atoms with Crippen LogP contribution in [0.2, 0.25) is 0 Å². The smallest absolute Gasteiger partial charge is 0.307 e. The summed E-state index contributed by atoms with van der Waals surface area (Å²) in [4.78, 5) is 15.7. The van der Waals surface area contributed by atoms with Crippen molar-refractivity contribution < 1.29 is 9.18 Å². The van der Waals surface area contributed by atoms with Gasteiger partial charge in [-0.25, -0.2) is 13.9 Å². The van der Waals surface area contributed by atoms with Gasteiger partial charge in [-0.1, -0.05) is 68.4 Å². The van der Waals surface area contributed by atoms with Gasteiger partial charge in [-0.05, 0) is 60.4 Å². The van der Waals surface area contributed by atoms with Crippen molar-refractivity contribution in [3.05, 3.63) is 131 Å². The molecule has 39 heavy (non-hydrogen) atoms. The number of benzene rings is 3. The van der Waals surface area contributed by atoms with Gasteiger partial charge in [-0.2, -0.15) is 5.10 Å². The number of anilines is 1. The van der Waals surface area contributed by atoms with E-state index in [0.717, 1.165) is 34.0 Å². The Kier molecular flexibility index (Phi) is 6.27. The molecule has 1 aliphatic heterocycles. The number of carbonyl (C=O) groups is 1. The molecule has 7 heteroatoms. The summed E-state index contributed by atoms with van der Waals surface area (Å²) in [7, 11) is 0. The fourth-order valence-corrected chi connectivity index (χ4v) is 5.31. The van der Waals surface area contributed by atoms with Crippen LogP contribution in [-0.4, -0.2) is 25.3 Å². The van der Waals surface area contributed by atoms with Gasteiger partial charge >= 0.3 is 6.03 Å². The topological polar surface area (TPSA) is 55.1 Å². The molecule has 1 atom stereocenters. The summed E-state index contributed by atoms with van der Waals surface area (Å²) in [6.07, 6.45) is 2.02. The Labute approximate surface area is 227 Å². The van der Waals surface area contributed by atoms with Gasteiger partial charge < -0.3 is 14.8 Å². The second-order valence-electron chi connectivity index (χ2n) is 10.2. The average molecular weight is 520 g/mol. The summed E-state index contributed by atoms with van der Waals surface area (Å²) in [6.45, 7) is 6.59. The van der Waals surface area contributed by atoms with Crippen molar-refractivity contribution in [3.63, 3.8) is 0 Å². The summed E-state index contributed by atoms with van der Waals surface area (Å²) in [5.41, 5.74) is 5.96. The molecule has 1 aliphatic rings. The first-order valence-corrected chi connectivity index (χ1v) is 13.2. The molecule has 0 unspecified atom stereocenters. The normalized spacial score (nSPS) is 14.6. The molecule has 2 aromatic heterocycles. The summed E-state index contributed by atoms with van der Waals surface area (Å²) in [5, 5.41) is 7.71. The van der Waals surface area contributed by atoms with Crippen LogP contribution in [-0.2, 0) is 6.54 Å². The van der Waals surface area contributed by atoms with E-state index in [-0.39, 0.29) is 11.7 Å². The number of aromatic nitrogens is 3. The molecule has 3 heterocycles. The Morgan fingerprint density at radius 2 is 1.67 bits per heavy atom. The van der Waals surface area contributed by atoms with Crippen LogP contribution in [0.5, 0.6) is 0 Å². The van der Waals surface area contributed by atoms with E-state index in [1.807, 2.05) is 60.3 Å². The van der Waals surface area contributed by atoms with Crippen molar-refractivity contribution in [1.29, 1.82) is 0 Å². The number of urea groups is 1. The third kappa shape index (κ3) is 4.40. The Bertz CT molecular complexity index is 1640. The van der Waals surface area contributed by atoms with Crippen LogP contribution in [0.1, 0.15) is 53.9 Å². The third-order valence-corrected chi connectivity index (χ3v) is 7.38. The number of halogens is 1. The first-order chi connectivity index (χ1) is 18.9. The van der Waals surface area contributed by atoms with E-state index in [9.17, 15) is 9.18 Å². The first-order valence-electron chi connectivity index (χ1n) is 13.2. The van der Waals surface area contributed by atoms with Crippen molar-refractivity contribution >= 4 is 11.7 Å². The molecule has 0 bridgehead atoms. The van der Waals surface area contributed by atoms with Gasteiger partial charge in [0.15, 0.2) is 0 Å². The van der Waals surface area contributed by atoms with Gasteiger partial charge in [0, 0.05) is 11.8 Å². The Morgan fingerprint density at radius 1 is 0.949 bits per heavy atom. The number of carbonyl (C=O) groups excluding carboxylic acids is 1. The molecule has 0 aliphatic carbocycles. The minimum absolute atomic E-state index is 0.146. The lowest BCUT2D eigenvalue weighted by atomic mass is 9.97. The van der Waals surface area contributed by atoms with Crippen molar-refractivity contribution in [1.82, 2.24) is 19.2 Å². The van der Waals surface area contributed by atoms with Crippen molar-refractivity contribution in [2.24, 2.45) is 0 Å². The second-order valence-corrected chi connectivity index (χ2v) is 10.2. The fourth-order valence-electron chi connectivity index (χ4n) is 5.31. The number of rotatable bonds is 4. The molecular weight excluding hydrogens is 489 g/mol. The van der Waals surface area contributed by atoms with E-state index in [1.54, 1.807) is 23.1 Å². The van der Waals surface area contributed by atoms with E-state index in [1.165, 1.54) is 11.6 Å². The third-order valence-electron chi connectivity index (χ3n) is 7.38. The lowest BCUT2D eigenvalue weighted by Crippen LogP contribution is -2.38. The Balaban J connectivity index is 1.53. The highest BCUT2D eigenvalue weighted by atomic mass is 19.1. The molecule has 0 radical (unpaired) electrons.